The molecule has 4 nitrogen and oxygen atoms in total. The predicted molar refractivity (Wildman–Crippen MR) is 83.1 cm³/mol. The van der Waals surface area contributed by atoms with E-state index in [0.717, 1.165) is 41.0 Å². The number of nitriles is 1. The second kappa shape index (κ2) is 5.90. The summed E-state index contributed by atoms with van der Waals surface area (Å²) in [5, 5.41) is 19.9. The van der Waals surface area contributed by atoms with Crippen LogP contribution >= 0.6 is 27.3 Å². The van der Waals surface area contributed by atoms with Gasteiger partial charge >= 0.3 is 0 Å². The van der Waals surface area contributed by atoms with Gasteiger partial charge in [-0.3, -0.25) is 0 Å². The lowest BCUT2D eigenvalue weighted by molar-refractivity contribution is 0.627. The summed E-state index contributed by atoms with van der Waals surface area (Å²) in [6.07, 6.45) is 6.33. The number of thiophene rings is 1. The molecule has 0 spiro atoms. The highest BCUT2D eigenvalue weighted by Gasteiger charge is 2.17. The van der Waals surface area contributed by atoms with Crippen molar-refractivity contribution < 1.29 is 0 Å². The quantitative estimate of drug-likeness (QED) is 0.773. The summed E-state index contributed by atoms with van der Waals surface area (Å²) in [6.45, 7) is 0.907. The van der Waals surface area contributed by atoms with Crippen LogP contribution in [0.5, 0.6) is 0 Å². The van der Waals surface area contributed by atoms with Gasteiger partial charge < -0.3 is 4.57 Å². The van der Waals surface area contributed by atoms with Crippen molar-refractivity contribution in [2.75, 3.05) is 0 Å². The van der Waals surface area contributed by atoms with Gasteiger partial charge in [-0.1, -0.05) is 6.42 Å². The van der Waals surface area contributed by atoms with E-state index in [1.807, 2.05) is 17.5 Å². The molecule has 0 saturated heterocycles. The van der Waals surface area contributed by atoms with E-state index in [1.54, 1.807) is 11.3 Å². The first kappa shape index (κ1) is 13.5. The monoisotopic (exact) mass is 348 g/mol. The molecule has 0 aromatic carbocycles. The smallest absolute Gasteiger partial charge is 0.174 e. The molecule has 0 radical (unpaired) electrons. The van der Waals surface area contributed by atoms with E-state index in [9.17, 15) is 5.26 Å². The highest BCUT2D eigenvalue weighted by atomic mass is 79.9. The Hall–Kier alpha value is -1.45. The second-order valence-electron chi connectivity index (χ2n) is 4.76. The van der Waals surface area contributed by atoms with Crippen molar-refractivity contribution >= 4 is 38.9 Å². The molecule has 0 unspecified atom stereocenters. The number of aromatic nitrogens is 3. The molecule has 20 heavy (non-hydrogen) atoms. The van der Waals surface area contributed by atoms with Crippen molar-refractivity contribution in [2.45, 2.75) is 32.2 Å². The Labute approximate surface area is 129 Å². The van der Waals surface area contributed by atoms with Crippen molar-refractivity contribution in [3.05, 3.63) is 32.4 Å². The largest absolute Gasteiger partial charge is 0.310 e. The molecule has 0 aliphatic carbocycles. The Morgan fingerprint density at radius 3 is 3.05 bits per heavy atom. The van der Waals surface area contributed by atoms with Crippen molar-refractivity contribution in [1.29, 1.82) is 5.26 Å². The summed E-state index contributed by atoms with van der Waals surface area (Å²) in [5.74, 6) is 1.71. The van der Waals surface area contributed by atoms with Crippen LogP contribution in [0.1, 0.15) is 36.5 Å². The van der Waals surface area contributed by atoms with Crippen LogP contribution in [-0.2, 0) is 13.0 Å². The Balaban J connectivity index is 2.00. The molecule has 2 aromatic rings. The Morgan fingerprint density at radius 1 is 1.40 bits per heavy atom. The molecule has 102 valence electrons. The summed E-state index contributed by atoms with van der Waals surface area (Å²) in [5.41, 5.74) is 1.60. The van der Waals surface area contributed by atoms with Crippen LogP contribution in [0.2, 0.25) is 0 Å². The molecule has 0 saturated carbocycles. The van der Waals surface area contributed by atoms with Gasteiger partial charge in [-0.05, 0) is 51.9 Å². The third-order valence-corrected chi connectivity index (χ3v) is 4.89. The van der Waals surface area contributed by atoms with Crippen LogP contribution in [0.15, 0.2) is 15.2 Å². The number of allylic oxidation sites excluding steroid dienone is 1. The van der Waals surface area contributed by atoms with Crippen LogP contribution in [-0.4, -0.2) is 14.8 Å². The first-order valence-corrected chi connectivity index (χ1v) is 8.23. The predicted octanol–water partition coefficient (Wildman–Crippen LogP) is 3.89. The first-order valence-electron chi connectivity index (χ1n) is 6.56. The number of aryl methyl sites for hydroxylation is 1. The molecule has 0 atom stereocenters. The molecule has 1 aliphatic heterocycles. The average Bonchev–Trinajstić information content (AvgIpc) is 2.96. The van der Waals surface area contributed by atoms with E-state index in [0.29, 0.717) is 11.4 Å². The van der Waals surface area contributed by atoms with Gasteiger partial charge in [0.15, 0.2) is 5.82 Å². The van der Waals surface area contributed by atoms with Gasteiger partial charge in [-0.15, -0.1) is 21.5 Å². The minimum Gasteiger partial charge on any atom is -0.310 e. The highest BCUT2D eigenvalue weighted by Crippen LogP contribution is 2.25. The van der Waals surface area contributed by atoms with Crippen molar-refractivity contribution in [3.8, 4) is 6.07 Å². The van der Waals surface area contributed by atoms with Gasteiger partial charge in [0.1, 0.15) is 11.9 Å². The summed E-state index contributed by atoms with van der Waals surface area (Å²) < 4.78 is 3.16. The zero-order valence-corrected chi connectivity index (χ0v) is 13.2. The molecule has 0 amide bonds. The Morgan fingerprint density at radius 2 is 2.30 bits per heavy atom. The molecule has 6 heteroatoms. The lowest BCUT2D eigenvalue weighted by atomic mass is 10.2. The molecular weight excluding hydrogens is 336 g/mol. The van der Waals surface area contributed by atoms with Crippen LogP contribution in [0, 0.1) is 11.3 Å². The molecule has 0 bridgehead atoms. The van der Waals surface area contributed by atoms with Gasteiger partial charge in [-0.2, -0.15) is 5.26 Å². The third kappa shape index (κ3) is 2.69. The van der Waals surface area contributed by atoms with Gasteiger partial charge in [0.2, 0.25) is 0 Å². The lowest BCUT2D eigenvalue weighted by Crippen LogP contribution is -2.05. The van der Waals surface area contributed by atoms with Gasteiger partial charge in [0.05, 0.1) is 9.36 Å². The number of nitrogens with zero attached hydrogens (tertiary/aromatic N) is 4. The number of halogens is 1. The van der Waals surface area contributed by atoms with Crippen LogP contribution in [0.3, 0.4) is 0 Å². The van der Waals surface area contributed by atoms with Gasteiger partial charge in [0.25, 0.3) is 0 Å². The minimum atomic E-state index is 0.580. The lowest BCUT2D eigenvalue weighted by Gasteiger charge is -2.05. The summed E-state index contributed by atoms with van der Waals surface area (Å²) in [6, 6.07) is 4.26. The third-order valence-electron chi connectivity index (χ3n) is 3.37. The molecule has 0 N–H and O–H groups in total. The number of hydrogen-bond acceptors (Lipinski definition) is 4. The molecule has 0 fully saturated rings. The fourth-order valence-electron chi connectivity index (χ4n) is 2.40. The topological polar surface area (TPSA) is 54.5 Å². The summed E-state index contributed by atoms with van der Waals surface area (Å²) in [4.78, 5) is 0. The van der Waals surface area contributed by atoms with Crippen LogP contribution < -0.4 is 0 Å². The number of rotatable bonds is 2. The van der Waals surface area contributed by atoms with E-state index >= 15 is 0 Å². The summed E-state index contributed by atoms with van der Waals surface area (Å²) in [7, 11) is 0. The van der Waals surface area contributed by atoms with E-state index in [-0.39, 0.29) is 0 Å². The maximum atomic E-state index is 9.43. The number of fused-ring (bicyclic) bond motifs is 1. The SMILES string of the molecule is N#CC(=Cc1csc(Br)c1)c1nnc2n1CCCCC2. The zero-order valence-electron chi connectivity index (χ0n) is 10.8. The maximum absolute atomic E-state index is 9.43. The normalized spacial score (nSPS) is 15.5. The average molecular weight is 349 g/mol. The van der Waals surface area contributed by atoms with Crippen LogP contribution in [0.4, 0.5) is 0 Å². The van der Waals surface area contributed by atoms with Crippen molar-refractivity contribution in [2.24, 2.45) is 0 Å². The standard InChI is InChI=1S/C14H13BrN4S/c15-12-7-10(9-20-12)6-11(8-16)14-18-17-13-4-2-1-3-5-19(13)14/h6-7,9H,1-5H2. The van der Waals surface area contributed by atoms with E-state index in [1.165, 1.54) is 6.42 Å². The van der Waals surface area contributed by atoms with Crippen molar-refractivity contribution in [3.63, 3.8) is 0 Å². The fourth-order valence-corrected chi connectivity index (χ4v) is 3.53. The number of hydrogen-bond donors (Lipinski definition) is 0. The van der Waals surface area contributed by atoms with Crippen LogP contribution in [0.25, 0.3) is 11.6 Å². The van der Waals surface area contributed by atoms with E-state index in [2.05, 4.69) is 36.8 Å². The van der Waals surface area contributed by atoms with Crippen molar-refractivity contribution in [1.82, 2.24) is 14.8 Å². The van der Waals surface area contributed by atoms with Gasteiger partial charge in [-0.25, -0.2) is 0 Å². The van der Waals surface area contributed by atoms with E-state index < -0.39 is 0 Å². The minimum absolute atomic E-state index is 0.580. The van der Waals surface area contributed by atoms with E-state index in [4.69, 9.17) is 0 Å². The molecule has 2 aromatic heterocycles. The zero-order chi connectivity index (χ0) is 13.9. The molecule has 1 aliphatic rings. The first-order chi connectivity index (χ1) is 9.78. The molecule has 3 heterocycles. The summed E-state index contributed by atoms with van der Waals surface area (Å²) >= 11 is 5.04. The second-order valence-corrected chi connectivity index (χ2v) is 7.05. The molecule has 3 rings (SSSR count). The highest BCUT2D eigenvalue weighted by molar-refractivity contribution is 9.11. The Bertz CT molecular complexity index is 692. The maximum Gasteiger partial charge on any atom is 0.174 e. The fraction of sp³-hybridized carbons (Fsp3) is 0.357. The Kier molecular flexibility index (Phi) is 3.99. The van der Waals surface area contributed by atoms with Gasteiger partial charge in [0, 0.05) is 13.0 Å². The molecular formula is C14H13BrN4S.